The maximum atomic E-state index is 13.2. The SMILES string of the molecule is O=C(N1CCc2nc[nH]c2C1)N1[C@@H]2CC[C@H]1CC(c1ccc(F)cc1)C2. The Balaban J connectivity index is 1.31. The van der Waals surface area contributed by atoms with Gasteiger partial charge in [0.1, 0.15) is 5.82 Å². The normalized spacial score (nSPS) is 27.5. The van der Waals surface area contributed by atoms with E-state index in [4.69, 9.17) is 0 Å². The molecule has 1 aromatic carbocycles. The molecule has 3 aliphatic rings. The summed E-state index contributed by atoms with van der Waals surface area (Å²) in [5, 5.41) is 0. The van der Waals surface area contributed by atoms with Crippen molar-refractivity contribution in [1.82, 2.24) is 19.8 Å². The summed E-state index contributed by atoms with van der Waals surface area (Å²) in [5.74, 6) is 0.241. The molecule has 1 unspecified atom stereocenters. The summed E-state index contributed by atoms with van der Waals surface area (Å²) in [6.07, 6.45) is 6.67. The summed E-state index contributed by atoms with van der Waals surface area (Å²) >= 11 is 0. The molecule has 0 aliphatic carbocycles. The van der Waals surface area contributed by atoms with E-state index in [1.54, 1.807) is 18.5 Å². The highest BCUT2D eigenvalue weighted by Crippen LogP contribution is 2.43. The smallest absolute Gasteiger partial charge is 0.320 e. The fraction of sp³-hybridized carbons (Fsp3) is 0.500. The number of hydrogen-bond donors (Lipinski definition) is 1. The predicted octanol–water partition coefficient (Wildman–Crippen LogP) is 3.44. The average Bonchev–Trinajstić information content (AvgIpc) is 3.23. The number of nitrogens with one attached hydrogen (secondary N) is 1. The number of amides is 2. The van der Waals surface area contributed by atoms with Gasteiger partial charge in [-0.05, 0) is 49.3 Å². The number of imidazole rings is 1. The minimum absolute atomic E-state index is 0.176. The molecule has 2 saturated heterocycles. The van der Waals surface area contributed by atoms with Gasteiger partial charge in [0.25, 0.3) is 0 Å². The Morgan fingerprint density at radius 2 is 1.88 bits per heavy atom. The molecular weight excluding hydrogens is 331 g/mol. The van der Waals surface area contributed by atoms with Crippen molar-refractivity contribution in [3.63, 3.8) is 0 Å². The number of piperidine rings is 1. The van der Waals surface area contributed by atoms with Crippen molar-refractivity contribution >= 4 is 6.03 Å². The maximum Gasteiger partial charge on any atom is 0.320 e. The maximum absolute atomic E-state index is 13.2. The lowest BCUT2D eigenvalue weighted by Gasteiger charge is -2.42. The number of rotatable bonds is 1. The van der Waals surface area contributed by atoms with Crippen molar-refractivity contribution in [3.8, 4) is 0 Å². The van der Waals surface area contributed by atoms with Gasteiger partial charge in [-0.1, -0.05) is 12.1 Å². The molecule has 26 heavy (non-hydrogen) atoms. The highest BCUT2D eigenvalue weighted by molar-refractivity contribution is 5.76. The van der Waals surface area contributed by atoms with Crippen molar-refractivity contribution in [2.45, 2.75) is 56.7 Å². The third kappa shape index (κ3) is 2.59. The quantitative estimate of drug-likeness (QED) is 0.853. The van der Waals surface area contributed by atoms with Crippen LogP contribution in [0, 0.1) is 5.82 Å². The Hall–Kier alpha value is -2.37. The molecule has 2 aromatic rings. The number of hydrogen-bond acceptors (Lipinski definition) is 2. The molecule has 5 nitrogen and oxygen atoms in total. The molecule has 1 aromatic heterocycles. The molecular formula is C20H23FN4O. The van der Waals surface area contributed by atoms with Crippen LogP contribution in [0.5, 0.6) is 0 Å². The number of aromatic amines is 1. The summed E-state index contributed by atoms with van der Waals surface area (Å²) < 4.78 is 13.2. The number of H-pyrrole nitrogens is 1. The van der Waals surface area contributed by atoms with Crippen LogP contribution in [0.2, 0.25) is 0 Å². The lowest BCUT2D eigenvalue weighted by molar-refractivity contribution is 0.101. The van der Waals surface area contributed by atoms with E-state index in [-0.39, 0.29) is 11.8 Å². The van der Waals surface area contributed by atoms with Gasteiger partial charge in [0.05, 0.1) is 24.3 Å². The van der Waals surface area contributed by atoms with Crippen LogP contribution in [0.25, 0.3) is 0 Å². The first-order chi connectivity index (χ1) is 12.7. The molecule has 0 radical (unpaired) electrons. The van der Waals surface area contributed by atoms with E-state index in [9.17, 15) is 9.18 Å². The number of nitrogens with zero attached hydrogens (tertiary/aromatic N) is 3. The molecule has 6 heteroatoms. The molecule has 2 amide bonds. The Morgan fingerprint density at radius 3 is 2.62 bits per heavy atom. The highest BCUT2D eigenvalue weighted by atomic mass is 19.1. The Bertz CT molecular complexity index is 803. The second kappa shape index (κ2) is 6.11. The van der Waals surface area contributed by atoms with Crippen LogP contribution in [0.15, 0.2) is 30.6 Å². The molecule has 0 saturated carbocycles. The van der Waals surface area contributed by atoms with Gasteiger partial charge in [0.2, 0.25) is 0 Å². The van der Waals surface area contributed by atoms with E-state index in [2.05, 4.69) is 14.9 Å². The first-order valence-electron chi connectivity index (χ1n) is 9.53. The zero-order chi connectivity index (χ0) is 17.7. The van der Waals surface area contributed by atoms with Crippen LogP contribution in [-0.2, 0) is 13.0 Å². The van der Waals surface area contributed by atoms with Gasteiger partial charge in [-0.25, -0.2) is 14.2 Å². The van der Waals surface area contributed by atoms with Gasteiger partial charge in [-0.3, -0.25) is 0 Å². The molecule has 5 rings (SSSR count). The van der Waals surface area contributed by atoms with Crippen LogP contribution in [0.4, 0.5) is 9.18 Å². The largest absolute Gasteiger partial charge is 0.347 e. The average molecular weight is 354 g/mol. The number of carbonyl (C=O) groups is 1. The second-order valence-corrected chi connectivity index (χ2v) is 7.79. The third-order valence-electron chi connectivity index (χ3n) is 6.34. The summed E-state index contributed by atoms with van der Waals surface area (Å²) in [7, 11) is 0. The lowest BCUT2D eigenvalue weighted by atomic mass is 9.85. The van der Waals surface area contributed by atoms with E-state index in [0.717, 1.165) is 50.0 Å². The predicted molar refractivity (Wildman–Crippen MR) is 95.1 cm³/mol. The molecule has 2 bridgehead atoms. The first-order valence-corrected chi connectivity index (χ1v) is 9.53. The van der Waals surface area contributed by atoms with Crippen molar-refractivity contribution in [2.75, 3.05) is 6.54 Å². The molecule has 136 valence electrons. The number of fused-ring (bicyclic) bond motifs is 3. The number of benzene rings is 1. The molecule has 0 spiro atoms. The van der Waals surface area contributed by atoms with E-state index in [1.807, 2.05) is 17.0 Å². The van der Waals surface area contributed by atoms with Crippen LogP contribution in [0.1, 0.15) is 48.6 Å². The van der Waals surface area contributed by atoms with E-state index >= 15 is 0 Å². The molecule has 3 atom stereocenters. The Labute approximate surface area is 152 Å². The van der Waals surface area contributed by atoms with E-state index in [0.29, 0.717) is 24.5 Å². The van der Waals surface area contributed by atoms with Crippen molar-refractivity contribution < 1.29 is 9.18 Å². The molecule has 3 aliphatic heterocycles. The summed E-state index contributed by atoms with van der Waals surface area (Å²) in [4.78, 5) is 24.8. The topological polar surface area (TPSA) is 52.2 Å². The zero-order valence-electron chi connectivity index (χ0n) is 14.7. The summed E-state index contributed by atoms with van der Waals surface area (Å²) in [5.41, 5.74) is 3.36. The summed E-state index contributed by atoms with van der Waals surface area (Å²) in [6.45, 7) is 1.37. The first kappa shape index (κ1) is 15.9. The van der Waals surface area contributed by atoms with Gasteiger partial charge >= 0.3 is 6.03 Å². The Morgan fingerprint density at radius 1 is 1.15 bits per heavy atom. The van der Waals surface area contributed by atoms with Gasteiger partial charge in [0, 0.05) is 25.0 Å². The van der Waals surface area contributed by atoms with Crippen molar-refractivity contribution in [2.24, 2.45) is 0 Å². The third-order valence-corrected chi connectivity index (χ3v) is 6.34. The monoisotopic (exact) mass is 354 g/mol. The van der Waals surface area contributed by atoms with Crippen LogP contribution >= 0.6 is 0 Å². The molecule has 2 fully saturated rings. The van der Waals surface area contributed by atoms with E-state index in [1.165, 1.54) is 5.56 Å². The van der Waals surface area contributed by atoms with E-state index < -0.39 is 0 Å². The lowest BCUT2D eigenvalue weighted by Crippen LogP contribution is -2.52. The van der Waals surface area contributed by atoms with Gasteiger partial charge in [-0.2, -0.15) is 0 Å². The van der Waals surface area contributed by atoms with Crippen molar-refractivity contribution in [1.29, 1.82) is 0 Å². The minimum Gasteiger partial charge on any atom is -0.347 e. The number of halogens is 1. The second-order valence-electron chi connectivity index (χ2n) is 7.79. The van der Waals surface area contributed by atoms with Gasteiger partial charge in [0.15, 0.2) is 0 Å². The fourth-order valence-electron chi connectivity index (χ4n) is 5.04. The standard InChI is InChI=1S/C20H23FN4O/c21-15-3-1-13(2-4-15)14-9-16-5-6-17(10-14)25(16)20(26)24-8-7-18-19(11-24)23-12-22-18/h1-4,12,14,16-17H,5-11H2,(H,22,23)/t14?,16-,17+. The minimum atomic E-state index is -0.187. The number of carbonyl (C=O) groups excluding carboxylic acids is 1. The fourth-order valence-corrected chi connectivity index (χ4v) is 5.04. The van der Waals surface area contributed by atoms with Gasteiger partial charge < -0.3 is 14.8 Å². The highest BCUT2D eigenvalue weighted by Gasteiger charge is 2.45. The van der Waals surface area contributed by atoms with Gasteiger partial charge in [-0.15, -0.1) is 0 Å². The molecule has 4 heterocycles. The zero-order valence-corrected chi connectivity index (χ0v) is 14.7. The number of urea groups is 1. The Kier molecular flexibility index (Phi) is 3.72. The van der Waals surface area contributed by atoms with Crippen molar-refractivity contribution in [3.05, 3.63) is 53.4 Å². The number of aromatic nitrogens is 2. The molecule has 1 N–H and O–H groups in total. The van der Waals surface area contributed by atoms with Crippen LogP contribution in [-0.4, -0.2) is 44.4 Å². The summed E-state index contributed by atoms with van der Waals surface area (Å²) in [6, 6.07) is 7.69. The van der Waals surface area contributed by atoms with Crippen LogP contribution in [0.3, 0.4) is 0 Å². The van der Waals surface area contributed by atoms with Crippen LogP contribution < -0.4 is 0 Å².